The van der Waals surface area contributed by atoms with Crippen molar-refractivity contribution in [2.24, 2.45) is 10.9 Å². The van der Waals surface area contributed by atoms with Crippen molar-refractivity contribution in [1.82, 2.24) is 15.5 Å². The van der Waals surface area contributed by atoms with E-state index in [0.717, 1.165) is 18.4 Å². The summed E-state index contributed by atoms with van der Waals surface area (Å²) in [5, 5.41) is 6.86. The van der Waals surface area contributed by atoms with Gasteiger partial charge >= 0.3 is 0 Å². The lowest BCUT2D eigenvalue weighted by Gasteiger charge is -2.15. The maximum Gasteiger partial charge on any atom is 0.191 e. The highest BCUT2D eigenvalue weighted by molar-refractivity contribution is 14.0. The molecule has 0 aromatic carbocycles. The maximum atomic E-state index is 4.26. The van der Waals surface area contributed by atoms with Crippen molar-refractivity contribution in [1.29, 1.82) is 0 Å². The van der Waals surface area contributed by atoms with E-state index in [9.17, 15) is 0 Å². The molecule has 2 rings (SSSR count). The molecule has 19 heavy (non-hydrogen) atoms. The molecule has 2 N–H and O–H groups in total. The Morgan fingerprint density at radius 2 is 1.95 bits per heavy atom. The summed E-state index contributed by atoms with van der Waals surface area (Å²) >= 11 is 0. The Labute approximate surface area is 134 Å². The Kier molecular flexibility index (Phi) is 8.06. The van der Waals surface area contributed by atoms with Crippen LogP contribution in [0.1, 0.15) is 39.0 Å². The summed E-state index contributed by atoms with van der Waals surface area (Å²) in [6.07, 6.45) is 6.61. The lowest BCUT2D eigenvalue weighted by molar-refractivity contribution is 0.330. The molecule has 0 amide bonds. The van der Waals surface area contributed by atoms with Gasteiger partial charge in [-0.25, -0.2) is 0 Å². The third-order valence-corrected chi connectivity index (χ3v) is 4.05. The van der Waals surface area contributed by atoms with Crippen LogP contribution in [-0.4, -0.2) is 50.1 Å². The van der Waals surface area contributed by atoms with Gasteiger partial charge in [0, 0.05) is 19.6 Å². The van der Waals surface area contributed by atoms with Crippen molar-refractivity contribution in [3.05, 3.63) is 0 Å². The van der Waals surface area contributed by atoms with Gasteiger partial charge in [-0.3, -0.25) is 4.99 Å². The van der Waals surface area contributed by atoms with Gasteiger partial charge in [0.1, 0.15) is 0 Å². The van der Waals surface area contributed by atoms with E-state index in [1.165, 1.54) is 51.7 Å². The lowest BCUT2D eigenvalue weighted by atomic mass is 10.3. The zero-order valence-electron chi connectivity index (χ0n) is 12.3. The van der Waals surface area contributed by atoms with Gasteiger partial charge in [-0.1, -0.05) is 6.92 Å². The quantitative estimate of drug-likeness (QED) is 0.321. The van der Waals surface area contributed by atoms with Crippen LogP contribution in [0.15, 0.2) is 4.99 Å². The number of rotatable bonds is 6. The monoisotopic (exact) mass is 380 g/mol. The molecule has 2 atom stereocenters. The number of unbranched alkanes of at least 4 members (excludes halogenated alkanes) is 1. The first kappa shape index (κ1) is 17.0. The second-order valence-corrected chi connectivity index (χ2v) is 5.72. The van der Waals surface area contributed by atoms with E-state index in [4.69, 9.17) is 0 Å². The minimum Gasteiger partial charge on any atom is -0.356 e. The minimum absolute atomic E-state index is 0. The first-order valence-corrected chi connectivity index (χ1v) is 7.49. The zero-order valence-corrected chi connectivity index (χ0v) is 14.7. The van der Waals surface area contributed by atoms with E-state index < -0.39 is 0 Å². The average Bonchev–Trinajstić information content (AvgIpc) is 2.86. The van der Waals surface area contributed by atoms with Crippen molar-refractivity contribution in [3.63, 3.8) is 0 Å². The SMILES string of the molecule is CN=C(NCCCCN1CCCC1)NC1CC1C.I. The smallest absolute Gasteiger partial charge is 0.191 e. The summed E-state index contributed by atoms with van der Waals surface area (Å²) in [6, 6.07) is 0.654. The van der Waals surface area contributed by atoms with E-state index in [-0.39, 0.29) is 24.0 Å². The van der Waals surface area contributed by atoms with Crippen LogP contribution in [-0.2, 0) is 0 Å². The van der Waals surface area contributed by atoms with E-state index in [1.807, 2.05) is 7.05 Å². The normalized spacial score (nSPS) is 26.9. The number of nitrogens with one attached hydrogen (secondary N) is 2. The molecule has 1 saturated heterocycles. The van der Waals surface area contributed by atoms with Crippen LogP contribution < -0.4 is 10.6 Å². The molecule has 5 heteroatoms. The summed E-state index contributed by atoms with van der Waals surface area (Å²) in [6.45, 7) is 7.22. The van der Waals surface area contributed by atoms with Gasteiger partial charge in [0.2, 0.25) is 0 Å². The molecule has 112 valence electrons. The number of likely N-dealkylation sites (tertiary alicyclic amines) is 1. The fraction of sp³-hybridized carbons (Fsp3) is 0.929. The topological polar surface area (TPSA) is 39.7 Å². The summed E-state index contributed by atoms with van der Waals surface area (Å²) in [5.41, 5.74) is 0. The number of aliphatic imine (C=N–C) groups is 1. The zero-order chi connectivity index (χ0) is 12.8. The average molecular weight is 380 g/mol. The summed E-state index contributed by atoms with van der Waals surface area (Å²) in [5.74, 6) is 1.80. The van der Waals surface area contributed by atoms with Crippen molar-refractivity contribution in [3.8, 4) is 0 Å². The highest BCUT2D eigenvalue weighted by Crippen LogP contribution is 2.28. The second kappa shape index (κ2) is 9.00. The summed E-state index contributed by atoms with van der Waals surface area (Å²) in [7, 11) is 1.85. The predicted molar refractivity (Wildman–Crippen MR) is 92.4 cm³/mol. The number of hydrogen-bond donors (Lipinski definition) is 2. The maximum absolute atomic E-state index is 4.26. The van der Waals surface area contributed by atoms with Crippen LogP contribution in [0.25, 0.3) is 0 Å². The van der Waals surface area contributed by atoms with Crippen LogP contribution in [0.5, 0.6) is 0 Å². The molecule has 1 saturated carbocycles. The lowest BCUT2D eigenvalue weighted by Crippen LogP contribution is -2.39. The molecule has 1 aliphatic carbocycles. The Hall–Kier alpha value is -0.0400. The highest BCUT2D eigenvalue weighted by Gasteiger charge is 2.33. The Bertz CT molecular complexity index is 277. The Balaban J connectivity index is 0.00000180. The third-order valence-electron chi connectivity index (χ3n) is 4.05. The van der Waals surface area contributed by atoms with Gasteiger partial charge in [-0.15, -0.1) is 24.0 Å². The molecule has 2 unspecified atom stereocenters. The molecule has 1 aliphatic heterocycles. The molecule has 2 aliphatic rings. The molecule has 0 aromatic rings. The molecule has 2 fully saturated rings. The molecule has 0 bridgehead atoms. The molecular weight excluding hydrogens is 351 g/mol. The van der Waals surface area contributed by atoms with E-state index in [2.05, 4.69) is 27.4 Å². The first-order valence-electron chi connectivity index (χ1n) is 7.49. The van der Waals surface area contributed by atoms with Crippen molar-refractivity contribution in [2.75, 3.05) is 33.2 Å². The van der Waals surface area contributed by atoms with E-state index in [1.54, 1.807) is 0 Å². The first-order chi connectivity index (χ1) is 8.79. The fourth-order valence-electron chi connectivity index (χ4n) is 2.57. The van der Waals surface area contributed by atoms with E-state index in [0.29, 0.717) is 6.04 Å². The molecule has 0 spiro atoms. The third kappa shape index (κ3) is 6.29. The number of nitrogens with zero attached hydrogens (tertiary/aromatic N) is 2. The van der Waals surface area contributed by atoms with Crippen LogP contribution in [0.3, 0.4) is 0 Å². The Morgan fingerprint density at radius 3 is 2.53 bits per heavy atom. The van der Waals surface area contributed by atoms with Crippen molar-refractivity contribution in [2.45, 2.75) is 45.1 Å². The van der Waals surface area contributed by atoms with Gasteiger partial charge in [0.15, 0.2) is 5.96 Å². The van der Waals surface area contributed by atoms with Gasteiger partial charge in [0.25, 0.3) is 0 Å². The Morgan fingerprint density at radius 1 is 1.26 bits per heavy atom. The van der Waals surface area contributed by atoms with Gasteiger partial charge in [-0.2, -0.15) is 0 Å². The minimum atomic E-state index is 0. The summed E-state index contributed by atoms with van der Waals surface area (Å²) < 4.78 is 0. The summed E-state index contributed by atoms with van der Waals surface area (Å²) in [4.78, 5) is 6.84. The van der Waals surface area contributed by atoms with Crippen molar-refractivity contribution >= 4 is 29.9 Å². The molecule has 0 radical (unpaired) electrons. The van der Waals surface area contributed by atoms with Crippen LogP contribution in [0.2, 0.25) is 0 Å². The number of hydrogen-bond acceptors (Lipinski definition) is 2. The standard InChI is InChI=1S/C14H28N4.HI/c1-12-11-13(12)17-14(15-2)16-7-3-4-8-18-9-5-6-10-18;/h12-13H,3-11H2,1-2H3,(H2,15,16,17);1H. The van der Waals surface area contributed by atoms with Gasteiger partial charge in [0.05, 0.1) is 0 Å². The number of halogens is 1. The molecule has 4 nitrogen and oxygen atoms in total. The second-order valence-electron chi connectivity index (χ2n) is 5.72. The largest absolute Gasteiger partial charge is 0.356 e. The van der Waals surface area contributed by atoms with Gasteiger partial charge in [-0.05, 0) is 57.7 Å². The molecule has 0 aromatic heterocycles. The molecule has 1 heterocycles. The van der Waals surface area contributed by atoms with Crippen LogP contribution in [0.4, 0.5) is 0 Å². The van der Waals surface area contributed by atoms with Gasteiger partial charge < -0.3 is 15.5 Å². The van der Waals surface area contributed by atoms with Crippen LogP contribution >= 0.6 is 24.0 Å². The van der Waals surface area contributed by atoms with Crippen LogP contribution in [0, 0.1) is 5.92 Å². The van der Waals surface area contributed by atoms with E-state index >= 15 is 0 Å². The molecular formula is C14H29IN4. The van der Waals surface area contributed by atoms with Crippen molar-refractivity contribution < 1.29 is 0 Å². The highest BCUT2D eigenvalue weighted by atomic mass is 127. The number of guanidine groups is 1. The predicted octanol–water partition coefficient (Wildman–Crippen LogP) is 2.05. The fourth-order valence-corrected chi connectivity index (χ4v) is 2.57.